The van der Waals surface area contributed by atoms with E-state index in [0.717, 1.165) is 10.9 Å². The van der Waals surface area contributed by atoms with Gasteiger partial charge in [-0.1, -0.05) is 12.1 Å². The van der Waals surface area contributed by atoms with Crippen LogP contribution in [0.4, 0.5) is 0 Å². The molecule has 0 bridgehead atoms. The van der Waals surface area contributed by atoms with Gasteiger partial charge in [0.25, 0.3) is 0 Å². The fourth-order valence-electron chi connectivity index (χ4n) is 1.36. The Morgan fingerprint density at radius 3 is 2.69 bits per heavy atom. The van der Waals surface area contributed by atoms with Crippen molar-refractivity contribution in [1.29, 1.82) is 0 Å². The van der Waals surface area contributed by atoms with Crippen LogP contribution in [0.15, 0.2) is 24.3 Å². The Morgan fingerprint density at radius 2 is 1.92 bits per heavy atom. The molecule has 1 N–H and O–H groups in total. The number of hydrogen-bond donors (Lipinski definition) is 1. The zero-order valence-corrected chi connectivity index (χ0v) is 7.70. The summed E-state index contributed by atoms with van der Waals surface area (Å²) >= 11 is 0. The number of aryl methyl sites for hydroxylation is 2. The molecule has 0 radical (unpaired) electrons. The number of pyridine rings is 1. The average Bonchev–Trinajstić information content (AvgIpc) is 2.08. The van der Waals surface area contributed by atoms with Crippen molar-refractivity contribution in [2.24, 2.45) is 0 Å². The first kappa shape index (κ1) is 8.05. The van der Waals surface area contributed by atoms with Gasteiger partial charge in [0.15, 0.2) is 0 Å². The van der Waals surface area contributed by atoms with E-state index in [1.54, 1.807) is 13.0 Å². The molecule has 2 heteroatoms. The van der Waals surface area contributed by atoms with Crippen molar-refractivity contribution in [3.8, 4) is 5.75 Å². The van der Waals surface area contributed by atoms with Gasteiger partial charge in [0.2, 0.25) is 0 Å². The van der Waals surface area contributed by atoms with Crippen LogP contribution in [0, 0.1) is 13.8 Å². The normalized spacial score (nSPS) is 10.6. The second-order valence-electron chi connectivity index (χ2n) is 3.29. The second-order valence-corrected chi connectivity index (χ2v) is 3.29. The van der Waals surface area contributed by atoms with Crippen LogP contribution in [0.3, 0.4) is 0 Å². The van der Waals surface area contributed by atoms with E-state index in [-0.39, 0.29) is 5.75 Å². The lowest BCUT2D eigenvalue weighted by Crippen LogP contribution is -1.85. The van der Waals surface area contributed by atoms with Crippen molar-refractivity contribution in [3.05, 3.63) is 35.5 Å². The monoisotopic (exact) mass is 173 g/mol. The molecule has 0 aliphatic carbocycles. The minimum absolute atomic E-state index is 0.261. The molecule has 2 aromatic rings. The molecule has 1 aromatic heterocycles. The topological polar surface area (TPSA) is 33.1 Å². The van der Waals surface area contributed by atoms with Gasteiger partial charge in [0.05, 0.1) is 11.2 Å². The minimum atomic E-state index is 0.261. The summed E-state index contributed by atoms with van der Waals surface area (Å²) in [5.41, 5.74) is 2.80. The summed E-state index contributed by atoms with van der Waals surface area (Å²) in [6.45, 7) is 3.83. The minimum Gasteiger partial charge on any atom is -0.506 e. The van der Waals surface area contributed by atoms with Gasteiger partial charge in [-0.15, -0.1) is 0 Å². The molecule has 13 heavy (non-hydrogen) atoms. The first-order valence-electron chi connectivity index (χ1n) is 4.24. The summed E-state index contributed by atoms with van der Waals surface area (Å²) in [7, 11) is 0. The van der Waals surface area contributed by atoms with E-state index in [0.29, 0.717) is 5.69 Å². The van der Waals surface area contributed by atoms with E-state index < -0.39 is 0 Å². The predicted molar refractivity (Wildman–Crippen MR) is 52.9 cm³/mol. The van der Waals surface area contributed by atoms with Crippen LogP contribution >= 0.6 is 0 Å². The van der Waals surface area contributed by atoms with Crippen molar-refractivity contribution < 1.29 is 5.11 Å². The summed E-state index contributed by atoms with van der Waals surface area (Å²) < 4.78 is 0. The Morgan fingerprint density at radius 1 is 1.15 bits per heavy atom. The highest BCUT2D eigenvalue weighted by Crippen LogP contribution is 2.21. The van der Waals surface area contributed by atoms with Gasteiger partial charge in [0, 0.05) is 5.39 Å². The molecule has 0 saturated carbocycles. The van der Waals surface area contributed by atoms with Crippen LogP contribution in [-0.4, -0.2) is 10.1 Å². The summed E-state index contributed by atoms with van der Waals surface area (Å²) in [4.78, 5) is 4.29. The Hall–Kier alpha value is -1.57. The number of aromatic nitrogens is 1. The number of rotatable bonds is 0. The third-order valence-corrected chi connectivity index (χ3v) is 2.14. The summed E-state index contributed by atoms with van der Waals surface area (Å²) in [6, 6.07) is 7.74. The van der Waals surface area contributed by atoms with Crippen LogP contribution in [0.25, 0.3) is 10.9 Å². The standard InChI is InChI=1S/C11H11NO/c1-7-3-4-9-6-11(13)8(2)12-10(9)5-7/h3-6,13H,1-2H3. The van der Waals surface area contributed by atoms with Gasteiger partial charge in [-0.3, -0.25) is 0 Å². The van der Waals surface area contributed by atoms with Gasteiger partial charge >= 0.3 is 0 Å². The third-order valence-electron chi connectivity index (χ3n) is 2.14. The molecule has 0 spiro atoms. The van der Waals surface area contributed by atoms with Crippen LogP contribution in [0.2, 0.25) is 0 Å². The molecule has 0 saturated heterocycles. The molecule has 1 aromatic carbocycles. The molecule has 0 atom stereocenters. The van der Waals surface area contributed by atoms with Crippen molar-refractivity contribution >= 4 is 10.9 Å². The molecule has 0 amide bonds. The predicted octanol–water partition coefficient (Wildman–Crippen LogP) is 2.56. The highest BCUT2D eigenvalue weighted by Gasteiger charge is 2.00. The van der Waals surface area contributed by atoms with Crippen molar-refractivity contribution in [3.63, 3.8) is 0 Å². The number of benzene rings is 1. The highest BCUT2D eigenvalue weighted by atomic mass is 16.3. The lowest BCUT2D eigenvalue weighted by molar-refractivity contribution is 0.469. The van der Waals surface area contributed by atoms with Gasteiger partial charge < -0.3 is 5.11 Å². The van der Waals surface area contributed by atoms with Gasteiger partial charge in [-0.2, -0.15) is 0 Å². The molecule has 0 fully saturated rings. The maximum absolute atomic E-state index is 9.42. The van der Waals surface area contributed by atoms with E-state index >= 15 is 0 Å². The Kier molecular flexibility index (Phi) is 1.69. The van der Waals surface area contributed by atoms with Crippen molar-refractivity contribution in [1.82, 2.24) is 4.98 Å². The van der Waals surface area contributed by atoms with Crippen LogP contribution in [0.5, 0.6) is 5.75 Å². The average molecular weight is 173 g/mol. The quantitative estimate of drug-likeness (QED) is 0.664. The molecule has 1 heterocycles. The summed E-state index contributed by atoms with van der Waals surface area (Å²) in [6.07, 6.45) is 0. The highest BCUT2D eigenvalue weighted by molar-refractivity contribution is 5.80. The number of aromatic hydroxyl groups is 1. The molecule has 0 aliphatic rings. The van der Waals surface area contributed by atoms with E-state index in [1.807, 2.05) is 25.1 Å². The summed E-state index contributed by atoms with van der Waals surface area (Å²) in [5.74, 6) is 0.261. The fourth-order valence-corrected chi connectivity index (χ4v) is 1.36. The Bertz CT molecular complexity index is 463. The molecular weight excluding hydrogens is 162 g/mol. The maximum Gasteiger partial charge on any atom is 0.137 e. The molecule has 66 valence electrons. The first-order valence-corrected chi connectivity index (χ1v) is 4.24. The smallest absolute Gasteiger partial charge is 0.137 e. The molecule has 0 unspecified atom stereocenters. The van der Waals surface area contributed by atoms with Crippen LogP contribution in [0.1, 0.15) is 11.3 Å². The van der Waals surface area contributed by atoms with E-state index in [1.165, 1.54) is 5.56 Å². The Balaban J connectivity index is 2.81. The van der Waals surface area contributed by atoms with Gasteiger partial charge in [0.1, 0.15) is 5.75 Å². The van der Waals surface area contributed by atoms with E-state index in [4.69, 9.17) is 0 Å². The lowest BCUT2D eigenvalue weighted by atomic mass is 10.1. The number of nitrogens with zero attached hydrogens (tertiary/aromatic N) is 1. The van der Waals surface area contributed by atoms with Crippen LogP contribution < -0.4 is 0 Å². The number of hydrogen-bond acceptors (Lipinski definition) is 2. The lowest BCUT2D eigenvalue weighted by Gasteiger charge is -2.02. The first-order chi connectivity index (χ1) is 6.16. The third kappa shape index (κ3) is 1.35. The number of fused-ring (bicyclic) bond motifs is 1. The van der Waals surface area contributed by atoms with Gasteiger partial charge in [-0.25, -0.2) is 4.98 Å². The Labute approximate surface area is 76.9 Å². The maximum atomic E-state index is 9.42. The second kappa shape index (κ2) is 2.73. The summed E-state index contributed by atoms with van der Waals surface area (Å²) in [5, 5.41) is 10.4. The molecule has 0 aliphatic heterocycles. The zero-order valence-electron chi connectivity index (χ0n) is 7.70. The molecular formula is C11H11NO. The zero-order chi connectivity index (χ0) is 9.42. The largest absolute Gasteiger partial charge is 0.506 e. The molecule has 2 rings (SSSR count). The van der Waals surface area contributed by atoms with E-state index in [9.17, 15) is 5.11 Å². The molecule has 2 nitrogen and oxygen atoms in total. The van der Waals surface area contributed by atoms with E-state index in [2.05, 4.69) is 4.98 Å². The fraction of sp³-hybridized carbons (Fsp3) is 0.182. The van der Waals surface area contributed by atoms with Gasteiger partial charge in [-0.05, 0) is 31.5 Å². The van der Waals surface area contributed by atoms with Crippen molar-refractivity contribution in [2.75, 3.05) is 0 Å². The van der Waals surface area contributed by atoms with Crippen molar-refractivity contribution in [2.45, 2.75) is 13.8 Å². The SMILES string of the molecule is Cc1ccc2cc(O)c(C)nc2c1. The van der Waals surface area contributed by atoms with Crippen LogP contribution in [-0.2, 0) is 0 Å².